The van der Waals surface area contributed by atoms with Gasteiger partial charge in [0.25, 0.3) is 5.91 Å². The lowest BCUT2D eigenvalue weighted by Crippen LogP contribution is -2.37. The van der Waals surface area contributed by atoms with Gasteiger partial charge in [-0.05, 0) is 18.6 Å². The fourth-order valence-electron chi connectivity index (χ4n) is 1.68. The highest BCUT2D eigenvalue weighted by molar-refractivity contribution is 5.93. The molecule has 0 aromatic carbocycles. The van der Waals surface area contributed by atoms with E-state index in [1.54, 1.807) is 7.11 Å². The summed E-state index contributed by atoms with van der Waals surface area (Å²) in [5, 5.41) is 11.5. The van der Waals surface area contributed by atoms with Gasteiger partial charge < -0.3 is 19.6 Å². The van der Waals surface area contributed by atoms with Crippen LogP contribution >= 0.6 is 0 Å². The molecule has 106 valence electrons. The normalized spacial score (nSPS) is 12.1. The summed E-state index contributed by atoms with van der Waals surface area (Å²) in [6.45, 7) is 2.48. The number of rotatable bonds is 8. The van der Waals surface area contributed by atoms with E-state index in [0.29, 0.717) is 6.61 Å². The van der Waals surface area contributed by atoms with Crippen molar-refractivity contribution in [3.8, 4) is 0 Å². The summed E-state index contributed by atoms with van der Waals surface area (Å²) in [4.78, 5) is 22.5. The van der Waals surface area contributed by atoms with Gasteiger partial charge in [-0.15, -0.1) is 0 Å². The standard InChI is InChI=1S/C13H19NO5/c1-3-4-5-9(8-18-2)14-12(15)10-6-7-11(19-10)13(16)17/h6-7,9H,3-5,8H2,1-2H3,(H,14,15)(H,16,17). The molecule has 0 saturated heterocycles. The Labute approximate surface area is 111 Å². The number of carbonyl (C=O) groups is 2. The molecule has 0 aliphatic carbocycles. The number of nitrogens with one attached hydrogen (secondary N) is 1. The van der Waals surface area contributed by atoms with Crippen LogP contribution in [-0.4, -0.2) is 36.7 Å². The molecule has 6 heteroatoms. The smallest absolute Gasteiger partial charge is 0.371 e. The Morgan fingerprint density at radius 2 is 2.11 bits per heavy atom. The molecule has 0 fully saturated rings. The number of aromatic carboxylic acids is 1. The molecular formula is C13H19NO5. The van der Waals surface area contributed by atoms with Crippen LogP contribution in [0.25, 0.3) is 0 Å². The third kappa shape index (κ3) is 4.75. The fourth-order valence-corrected chi connectivity index (χ4v) is 1.68. The molecule has 1 amide bonds. The first-order chi connectivity index (χ1) is 9.08. The van der Waals surface area contributed by atoms with Gasteiger partial charge >= 0.3 is 5.97 Å². The lowest BCUT2D eigenvalue weighted by Gasteiger charge is -2.16. The molecule has 0 spiro atoms. The minimum atomic E-state index is -1.20. The van der Waals surface area contributed by atoms with E-state index in [1.165, 1.54) is 12.1 Å². The van der Waals surface area contributed by atoms with Gasteiger partial charge in [-0.2, -0.15) is 0 Å². The van der Waals surface area contributed by atoms with Crippen molar-refractivity contribution >= 4 is 11.9 Å². The summed E-state index contributed by atoms with van der Waals surface area (Å²) >= 11 is 0. The third-order valence-electron chi connectivity index (χ3n) is 2.65. The average molecular weight is 269 g/mol. The number of unbranched alkanes of at least 4 members (excludes halogenated alkanes) is 1. The molecule has 19 heavy (non-hydrogen) atoms. The van der Waals surface area contributed by atoms with Crippen molar-refractivity contribution < 1.29 is 23.8 Å². The second-order valence-corrected chi connectivity index (χ2v) is 4.24. The fraction of sp³-hybridized carbons (Fsp3) is 0.538. The summed E-state index contributed by atoms with van der Waals surface area (Å²) in [7, 11) is 1.57. The molecule has 6 nitrogen and oxygen atoms in total. The van der Waals surface area contributed by atoms with Gasteiger partial charge in [0.1, 0.15) is 0 Å². The predicted molar refractivity (Wildman–Crippen MR) is 68.3 cm³/mol. The van der Waals surface area contributed by atoms with Gasteiger partial charge in [-0.1, -0.05) is 19.8 Å². The van der Waals surface area contributed by atoms with Crippen LogP contribution in [0.2, 0.25) is 0 Å². The van der Waals surface area contributed by atoms with Crippen molar-refractivity contribution in [3.05, 3.63) is 23.7 Å². The van der Waals surface area contributed by atoms with E-state index >= 15 is 0 Å². The molecule has 0 saturated carbocycles. The van der Waals surface area contributed by atoms with Crippen molar-refractivity contribution in [1.82, 2.24) is 5.32 Å². The molecule has 1 rings (SSSR count). The average Bonchev–Trinajstić information content (AvgIpc) is 2.86. The number of hydrogen-bond donors (Lipinski definition) is 2. The van der Waals surface area contributed by atoms with Crippen LogP contribution in [0.1, 0.15) is 47.3 Å². The minimum absolute atomic E-state index is 0.00463. The van der Waals surface area contributed by atoms with Crippen LogP contribution in [0, 0.1) is 0 Å². The predicted octanol–water partition coefficient (Wildman–Crippen LogP) is 1.91. The first-order valence-corrected chi connectivity index (χ1v) is 6.21. The zero-order valence-electron chi connectivity index (χ0n) is 11.1. The highest BCUT2D eigenvalue weighted by atomic mass is 16.5. The number of carboxylic acids is 1. The van der Waals surface area contributed by atoms with E-state index in [2.05, 4.69) is 12.2 Å². The lowest BCUT2D eigenvalue weighted by atomic mass is 10.1. The second-order valence-electron chi connectivity index (χ2n) is 4.24. The van der Waals surface area contributed by atoms with Crippen LogP contribution < -0.4 is 5.32 Å². The van der Waals surface area contributed by atoms with E-state index in [0.717, 1.165) is 19.3 Å². The Morgan fingerprint density at radius 1 is 1.42 bits per heavy atom. The molecular weight excluding hydrogens is 250 g/mol. The monoisotopic (exact) mass is 269 g/mol. The lowest BCUT2D eigenvalue weighted by molar-refractivity contribution is 0.0658. The van der Waals surface area contributed by atoms with Crippen molar-refractivity contribution in [2.24, 2.45) is 0 Å². The maximum Gasteiger partial charge on any atom is 0.371 e. The van der Waals surface area contributed by atoms with Gasteiger partial charge in [0, 0.05) is 7.11 Å². The third-order valence-corrected chi connectivity index (χ3v) is 2.65. The maximum absolute atomic E-state index is 11.9. The zero-order chi connectivity index (χ0) is 14.3. The summed E-state index contributed by atoms with van der Waals surface area (Å²) in [6, 6.07) is 2.51. The number of methoxy groups -OCH3 is 1. The summed E-state index contributed by atoms with van der Waals surface area (Å²) in [6.07, 6.45) is 2.81. The van der Waals surface area contributed by atoms with Crippen LogP contribution in [0.5, 0.6) is 0 Å². The first kappa shape index (κ1) is 15.2. The Hall–Kier alpha value is -1.82. The van der Waals surface area contributed by atoms with E-state index in [9.17, 15) is 9.59 Å². The molecule has 1 unspecified atom stereocenters. The van der Waals surface area contributed by atoms with E-state index < -0.39 is 11.9 Å². The van der Waals surface area contributed by atoms with Crippen molar-refractivity contribution in [2.75, 3.05) is 13.7 Å². The van der Waals surface area contributed by atoms with Crippen LogP contribution in [-0.2, 0) is 4.74 Å². The first-order valence-electron chi connectivity index (χ1n) is 6.21. The highest BCUT2D eigenvalue weighted by Gasteiger charge is 2.18. The molecule has 0 aliphatic heterocycles. The zero-order valence-corrected chi connectivity index (χ0v) is 11.1. The summed E-state index contributed by atoms with van der Waals surface area (Å²) < 4.78 is 9.98. The number of carbonyl (C=O) groups excluding carboxylic acids is 1. The number of carboxylic acid groups (broad SMARTS) is 1. The van der Waals surface area contributed by atoms with E-state index in [-0.39, 0.29) is 17.6 Å². The van der Waals surface area contributed by atoms with Crippen LogP contribution in [0.15, 0.2) is 16.5 Å². The van der Waals surface area contributed by atoms with Crippen molar-refractivity contribution in [1.29, 1.82) is 0 Å². The highest BCUT2D eigenvalue weighted by Crippen LogP contribution is 2.09. The number of ether oxygens (including phenoxy) is 1. The Morgan fingerprint density at radius 3 is 2.63 bits per heavy atom. The molecule has 1 atom stereocenters. The van der Waals surface area contributed by atoms with Gasteiger partial charge in [0.2, 0.25) is 5.76 Å². The molecule has 0 aliphatic rings. The largest absolute Gasteiger partial charge is 0.475 e. The van der Waals surface area contributed by atoms with Gasteiger partial charge in [0.15, 0.2) is 5.76 Å². The van der Waals surface area contributed by atoms with Gasteiger partial charge in [0.05, 0.1) is 12.6 Å². The SMILES string of the molecule is CCCCC(COC)NC(=O)c1ccc(C(=O)O)o1. The Bertz CT molecular complexity index is 426. The Kier molecular flexibility index (Phi) is 6.08. The Balaban J connectivity index is 2.61. The molecule has 0 radical (unpaired) electrons. The van der Waals surface area contributed by atoms with Crippen molar-refractivity contribution in [2.45, 2.75) is 32.2 Å². The topological polar surface area (TPSA) is 88.8 Å². The summed E-state index contributed by atoms with van der Waals surface area (Å²) in [5.41, 5.74) is 0. The minimum Gasteiger partial charge on any atom is -0.475 e. The second kappa shape index (κ2) is 7.58. The number of furan rings is 1. The summed E-state index contributed by atoms with van der Waals surface area (Å²) in [5.74, 6) is -1.87. The molecule has 0 bridgehead atoms. The van der Waals surface area contributed by atoms with Crippen LogP contribution in [0.4, 0.5) is 0 Å². The van der Waals surface area contributed by atoms with Crippen molar-refractivity contribution in [3.63, 3.8) is 0 Å². The van der Waals surface area contributed by atoms with E-state index in [4.69, 9.17) is 14.3 Å². The maximum atomic E-state index is 11.9. The number of hydrogen-bond acceptors (Lipinski definition) is 4. The molecule has 1 aromatic heterocycles. The molecule has 1 heterocycles. The molecule has 1 aromatic rings. The quantitative estimate of drug-likeness (QED) is 0.752. The van der Waals surface area contributed by atoms with Gasteiger partial charge in [-0.3, -0.25) is 4.79 Å². The van der Waals surface area contributed by atoms with Gasteiger partial charge in [-0.25, -0.2) is 4.79 Å². The van der Waals surface area contributed by atoms with E-state index in [1.807, 2.05) is 0 Å². The van der Waals surface area contributed by atoms with Crippen LogP contribution in [0.3, 0.4) is 0 Å². The number of amides is 1. The molecule has 2 N–H and O–H groups in total.